The predicted molar refractivity (Wildman–Crippen MR) is 114 cm³/mol. The fraction of sp³-hybridized carbons (Fsp3) is 0.409. The number of imidazole rings is 1. The Kier molecular flexibility index (Phi) is 4.90. The molecule has 0 aliphatic carbocycles. The average Bonchev–Trinajstić information content (AvgIpc) is 3.27. The lowest BCUT2D eigenvalue weighted by atomic mass is 10.0. The minimum atomic E-state index is -0.132. The number of nitrogens with one attached hydrogen (secondary N) is 1. The lowest BCUT2D eigenvalue weighted by molar-refractivity contribution is -0.119. The van der Waals surface area contributed by atoms with Gasteiger partial charge in [0.15, 0.2) is 0 Å². The first-order valence-corrected chi connectivity index (χ1v) is 9.87. The summed E-state index contributed by atoms with van der Waals surface area (Å²) in [6.45, 7) is 4.73. The van der Waals surface area contributed by atoms with Crippen LogP contribution in [0.15, 0.2) is 30.6 Å². The highest BCUT2D eigenvalue weighted by atomic mass is 16.5. The molecule has 29 heavy (non-hydrogen) atoms. The number of hydrogen-bond acceptors (Lipinski definition) is 5. The zero-order valence-electron chi connectivity index (χ0n) is 17.6. The molecule has 3 heterocycles. The molecule has 3 aromatic rings. The second-order valence-electron chi connectivity index (χ2n) is 8.02. The van der Waals surface area contributed by atoms with Crippen LogP contribution in [0.1, 0.15) is 18.9 Å². The van der Waals surface area contributed by atoms with Gasteiger partial charge < -0.3 is 19.5 Å². The van der Waals surface area contributed by atoms with Gasteiger partial charge in [-0.1, -0.05) is 6.07 Å². The number of ether oxygens (including phenoxy) is 1. The Hall–Kier alpha value is -3.09. The number of amides is 1. The summed E-state index contributed by atoms with van der Waals surface area (Å²) < 4.78 is 8.20. The molecule has 2 atom stereocenters. The molecule has 1 aromatic carbocycles. The molecule has 152 valence electrons. The van der Waals surface area contributed by atoms with Gasteiger partial charge >= 0.3 is 0 Å². The molecule has 1 aliphatic heterocycles. The van der Waals surface area contributed by atoms with Crippen molar-refractivity contribution in [2.75, 3.05) is 25.5 Å². The molecule has 0 radical (unpaired) electrons. The predicted octanol–water partition coefficient (Wildman–Crippen LogP) is 2.91. The first-order chi connectivity index (χ1) is 13.8. The SMILES string of the molecule is Cc1cc(-c2cc3ncn(C)c3c(O[C@H](C)C3CNC(=O)C3)n2)ccc1N(C)C. The molecule has 1 amide bonds. The van der Waals surface area contributed by atoms with Crippen molar-refractivity contribution >= 4 is 22.6 Å². The number of aryl methyl sites for hydroxylation is 2. The van der Waals surface area contributed by atoms with E-state index in [0.29, 0.717) is 18.8 Å². The van der Waals surface area contributed by atoms with Gasteiger partial charge in [0.05, 0.1) is 17.5 Å². The van der Waals surface area contributed by atoms with Crippen LogP contribution in [-0.2, 0) is 11.8 Å². The maximum Gasteiger partial charge on any atom is 0.241 e. The number of carbonyl (C=O) groups is 1. The molecule has 1 saturated heterocycles. The molecule has 1 N–H and O–H groups in total. The van der Waals surface area contributed by atoms with Crippen molar-refractivity contribution in [1.82, 2.24) is 19.9 Å². The van der Waals surface area contributed by atoms with Crippen LogP contribution < -0.4 is 15.0 Å². The summed E-state index contributed by atoms with van der Waals surface area (Å²) in [6.07, 6.45) is 2.13. The third kappa shape index (κ3) is 3.64. The standard InChI is InChI=1S/C22H27N5O2/c1-13-8-15(6-7-19(13)26(3)4)17-10-18-21(27(5)12-24-18)22(25-17)29-14(2)16-9-20(28)23-11-16/h6-8,10,12,14,16H,9,11H2,1-5H3,(H,23,28)/t14-,16?/m1/s1. The molecule has 0 spiro atoms. The number of fused-ring (bicyclic) bond motifs is 1. The molecule has 4 rings (SSSR count). The van der Waals surface area contributed by atoms with E-state index in [9.17, 15) is 4.79 Å². The molecule has 1 unspecified atom stereocenters. The van der Waals surface area contributed by atoms with Crippen LogP contribution in [0.25, 0.3) is 22.3 Å². The van der Waals surface area contributed by atoms with Gasteiger partial charge in [-0.2, -0.15) is 0 Å². The van der Waals surface area contributed by atoms with Crippen LogP contribution in [-0.4, -0.2) is 47.2 Å². The highest BCUT2D eigenvalue weighted by Crippen LogP contribution is 2.32. The molecule has 0 saturated carbocycles. The minimum absolute atomic E-state index is 0.0781. The molecule has 7 heteroatoms. The number of carbonyl (C=O) groups excluding carboxylic acids is 1. The van der Waals surface area contributed by atoms with E-state index < -0.39 is 0 Å². The Morgan fingerprint density at radius 3 is 2.76 bits per heavy atom. The zero-order valence-corrected chi connectivity index (χ0v) is 17.6. The van der Waals surface area contributed by atoms with E-state index in [4.69, 9.17) is 9.72 Å². The Balaban J connectivity index is 1.73. The van der Waals surface area contributed by atoms with E-state index in [-0.39, 0.29) is 17.9 Å². The monoisotopic (exact) mass is 393 g/mol. The van der Waals surface area contributed by atoms with E-state index in [1.54, 1.807) is 6.33 Å². The van der Waals surface area contributed by atoms with Crippen LogP contribution in [0.5, 0.6) is 5.88 Å². The van der Waals surface area contributed by atoms with Gasteiger partial charge in [-0.15, -0.1) is 0 Å². The summed E-state index contributed by atoms with van der Waals surface area (Å²) in [5, 5.41) is 2.88. The number of pyridine rings is 1. The Bertz CT molecular complexity index is 1070. The van der Waals surface area contributed by atoms with Gasteiger partial charge in [-0.3, -0.25) is 4.79 Å². The third-order valence-corrected chi connectivity index (χ3v) is 5.61. The van der Waals surface area contributed by atoms with Crippen LogP contribution in [0.3, 0.4) is 0 Å². The Morgan fingerprint density at radius 1 is 1.31 bits per heavy atom. The summed E-state index contributed by atoms with van der Waals surface area (Å²) in [5.41, 5.74) is 5.91. The van der Waals surface area contributed by atoms with Crippen molar-refractivity contribution in [3.63, 3.8) is 0 Å². The quantitative estimate of drug-likeness (QED) is 0.722. The van der Waals surface area contributed by atoms with Crippen LogP contribution >= 0.6 is 0 Å². The van der Waals surface area contributed by atoms with Crippen LogP contribution in [0, 0.1) is 12.8 Å². The first-order valence-electron chi connectivity index (χ1n) is 9.87. The van der Waals surface area contributed by atoms with Gasteiger partial charge in [-0.05, 0) is 37.6 Å². The van der Waals surface area contributed by atoms with E-state index >= 15 is 0 Å². The van der Waals surface area contributed by atoms with Crippen molar-refractivity contribution in [2.45, 2.75) is 26.4 Å². The molecule has 2 aromatic heterocycles. The smallest absolute Gasteiger partial charge is 0.241 e. The van der Waals surface area contributed by atoms with E-state index in [0.717, 1.165) is 22.3 Å². The average molecular weight is 393 g/mol. The summed E-state index contributed by atoms with van der Waals surface area (Å²) in [7, 11) is 6.01. The normalized spacial score (nSPS) is 17.4. The van der Waals surface area contributed by atoms with Crippen molar-refractivity contribution in [3.05, 3.63) is 36.2 Å². The third-order valence-electron chi connectivity index (χ3n) is 5.61. The number of nitrogens with zero attached hydrogens (tertiary/aromatic N) is 4. The van der Waals surface area contributed by atoms with E-state index in [1.165, 1.54) is 11.3 Å². The van der Waals surface area contributed by atoms with Gasteiger partial charge in [0.2, 0.25) is 11.8 Å². The molecular formula is C22H27N5O2. The lowest BCUT2D eigenvalue weighted by Crippen LogP contribution is -2.26. The highest BCUT2D eigenvalue weighted by molar-refractivity contribution is 5.85. The van der Waals surface area contributed by atoms with Crippen molar-refractivity contribution in [3.8, 4) is 17.1 Å². The molecule has 0 bridgehead atoms. The maximum atomic E-state index is 11.6. The second-order valence-corrected chi connectivity index (χ2v) is 8.02. The molecule has 1 aliphatic rings. The van der Waals surface area contributed by atoms with Crippen molar-refractivity contribution in [1.29, 1.82) is 0 Å². The zero-order chi connectivity index (χ0) is 20.7. The maximum absolute atomic E-state index is 11.6. The van der Waals surface area contributed by atoms with Crippen LogP contribution in [0.2, 0.25) is 0 Å². The largest absolute Gasteiger partial charge is 0.473 e. The molecule has 1 fully saturated rings. The van der Waals surface area contributed by atoms with E-state index in [1.807, 2.05) is 38.7 Å². The molecule has 7 nitrogen and oxygen atoms in total. The fourth-order valence-corrected chi connectivity index (χ4v) is 3.92. The topological polar surface area (TPSA) is 72.3 Å². The van der Waals surface area contributed by atoms with Gasteiger partial charge in [0, 0.05) is 51.3 Å². The Labute approximate surface area is 170 Å². The first kappa shape index (κ1) is 19.2. The van der Waals surface area contributed by atoms with Gasteiger partial charge in [-0.25, -0.2) is 9.97 Å². The summed E-state index contributed by atoms with van der Waals surface area (Å²) in [6, 6.07) is 8.32. The van der Waals surface area contributed by atoms with Gasteiger partial charge in [0.1, 0.15) is 11.6 Å². The van der Waals surface area contributed by atoms with E-state index in [2.05, 4.69) is 40.3 Å². The fourth-order valence-electron chi connectivity index (χ4n) is 3.92. The van der Waals surface area contributed by atoms with Crippen LogP contribution in [0.4, 0.5) is 5.69 Å². The van der Waals surface area contributed by atoms with Gasteiger partial charge in [0.25, 0.3) is 0 Å². The summed E-state index contributed by atoms with van der Waals surface area (Å²) in [4.78, 5) is 23.0. The second kappa shape index (κ2) is 7.39. The van der Waals surface area contributed by atoms with Crippen molar-refractivity contribution < 1.29 is 9.53 Å². The summed E-state index contributed by atoms with van der Waals surface area (Å²) >= 11 is 0. The van der Waals surface area contributed by atoms with Crippen molar-refractivity contribution in [2.24, 2.45) is 13.0 Å². The number of hydrogen-bond donors (Lipinski definition) is 1. The number of aromatic nitrogens is 3. The number of benzene rings is 1. The lowest BCUT2D eigenvalue weighted by Gasteiger charge is -2.20. The molecular weight excluding hydrogens is 366 g/mol. The Morgan fingerprint density at radius 2 is 2.10 bits per heavy atom. The highest BCUT2D eigenvalue weighted by Gasteiger charge is 2.29. The number of rotatable bonds is 5. The number of anilines is 1. The summed E-state index contributed by atoms with van der Waals surface area (Å²) in [5.74, 6) is 0.769. The minimum Gasteiger partial charge on any atom is -0.473 e.